The fraction of sp³-hybridized carbons (Fsp3) is 0.125. The third-order valence-corrected chi connectivity index (χ3v) is 4.37. The summed E-state index contributed by atoms with van der Waals surface area (Å²) in [5.74, 6) is -1.16. The van der Waals surface area contributed by atoms with Crippen LogP contribution in [0.5, 0.6) is 0 Å². The Kier molecular flexibility index (Phi) is 3.92. The summed E-state index contributed by atoms with van der Waals surface area (Å²) in [7, 11) is 0. The summed E-state index contributed by atoms with van der Waals surface area (Å²) in [4.78, 5) is 11.3. The van der Waals surface area contributed by atoms with Crippen LogP contribution in [-0.2, 0) is 6.18 Å². The number of aryl methyl sites for hydroxylation is 1. The second kappa shape index (κ2) is 5.79. The van der Waals surface area contributed by atoms with Crippen molar-refractivity contribution in [1.82, 2.24) is 9.78 Å². The van der Waals surface area contributed by atoms with Gasteiger partial charge in [0, 0.05) is 11.8 Å². The van der Waals surface area contributed by atoms with E-state index in [9.17, 15) is 18.0 Å². The summed E-state index contributed by atoms with van der Waals surface area (Å²) >= 11 is 1.23. The first-order chi connectivity index (χ1) is 11.3. The zero-order valence-electron chi connectivity index (χ0n) is 12.5. The zero-order chi connectivity index (χ0) is 17.5. The molecule has 2 heterocycles. The maximum atomic E-state index is 13.1. The van der Waals surface area contributed by atoms with E-state index in [0.717, 1.165) is 27.6 Å². The molecule has 1 amide bonds. The van der Waals surface area contributed by atoms with Crippen molar-refractivity contribution in [3.63, 3.8) is 0 Å². The standard InChI is InChI=1S/C16H12F3N3OS/c1-9-2-4-10(5-3-9)11-6-7-24-15(11)22-8-12(14(20)23)13(21-22)16(17,18)19/h2-8H,1H3,(H2,20,23). The van der Waals surface area contributed by atoms with Gasteiger partial charge in [-0.1, -0.05) is 29.8 Å². The summed E-state index contributed by atoms with van der Waals surface area (Å²) in [5.41, 5.74) is 5.78. The lowest BCUT2D eigenvalue weighted by atomic mass is 10.1. The van der Waals surface area contributed by atoms with Crippen molar-refractivity contribution in [3.05, 3.63) is 58.7 Å². The highest BCUT2D eigenvalue weighted by Gasteiger charge is 2.39. The lowest BCUT2D eigenvalue weighted by Crippen LogP contribution is -2.17. The molecule has 0 unspecified atom stereocenters. The third-order valence-electron chi connectivity index (χ3n) is 3.46. The molecule has 0 aliphatic heterocycles. The van der Waals surface area contributed by atoms with E-state index in [1.54, 1.807) is 11.4 Å². The van der Waals surface area contributed by atoms with E-state index in [2.05, 4.69) is 5.10 Å². The topological polar surface area (TPSA) is 60.9 Å². The minimum absolute atomic E-state index is 0.483. The number of thiophene rings is 1. The van der Waals surface area contributed by atoms with Crippen molar-refractivity contribution >= 4 is 17.2 Å². The number of hydrogen-bond donors (Lipinski definition) is 1. The molecule has 3 rings (SSSR count). The number of nitrogens with zero attached hydrogens (tertiary/aromatic N) is 2. The van der Waals surface area contributed by atoms with Crippen molar-refractivity contribution < 1.29 is 18.0 Å². The summed E-state index contributed by atoms with van der Waals surface area (Å²) in [6.07, 6.45) is -3.73. The molecule has 2 N–H and O–H groups in total. The van der Waals surface area contributed by atoms with Crippen molar-refractivity contribution in [2.75, 3.05) is 0 Å². The second-order valence-corrected chi connectivity index (χ2v) is 6.10. The van der Waals surface area contributed by atoms with Crippen molar-refractivity contribution in [3.8, 4) is 16.1 Å². The maximum Gasteiger partial charge on any atom is 0.435 e. The number of rotatable bonds is 3. The molecule has 0 spiro atoms. The number of nitrogens with two attached hydrogens (primary N) is 1. The molecule has 3 aromatic rings. The van der Waals surface area contributed by atoms with E-state index in [1.165, 1.54) is 11.3 Å². The average Bonchev–Trinajstić information content (AvgIpc) is 3.14. The number of aromatic nitrogens is 2. The van der Waals surface area contributed by atoms with Crippen LogP contribution in [0.1, 0.15) is 21.6 Å². The Morgan fingerprint density at radius 3 is 2.42 bits per heavy atom. The Hall–Kier alpha value is -2.61. The fourth-order valence-electron chi connectivity index (χ4n) is 2.30. The van der Waals surface area contributed by atoms with Crippen LogP contribution in [0, 0.1) is 6.92 Å². The fourth-order valence-corrected chi connectivity index (χ4v) is 3.15. The first-order valence-corrected chi connectivity index (χ1v) is 7.77. The SMILES string of the molecule is Cc1ccc(-c2ccsc2-n2cc(C(N)=O)c(C(F)(F)F)n2)cc1. The molecule has 0 saturated heterocycles. The molecular weight excluding hydrogens is 339 g/mol. The molecule has 0 radical (unpaired) electrons. The lowest BCUT2D eigenvalue weighted by molar-refractivity contribution is -0.141. The summed E-state index contributed by atoms with van der Waals surface area (Å²) < 4.78 is 40.2. The number of primary amides is 1. The quantitative estimate of drug-likeness (QED) is 0.774. The molecule has 2 aromatic heterocycles. The predicted octanol–water partition coefficient (Wildman–Crippen LogP) is 4.03. The number of carbonyl (C=O) groups is 1. The molecule has 0 aliphatic rings. The Morgan fingerprint density at radius 2 is 1.88 bits per heavy atom. The minimum Gasteiger partial charge on any atom is -0.365 e. The van der Waals surface area contributed by atoms with E-state index in [-0.39, 0.29) is 0 Å². The predicted molar refractivity (Wildman–Crippen MR) is 85.1 cm³/mol. The number of amides is 1. The monoisotopic (exact) mass is 351 g/mol. The maximum absolute atomic E-state index is 13.1. The van der Waals surface area contributed by atoms with E-state index in [0.29, 0.717) is 5.00 Å². The van der Waals surface area contributed by atoms with E-state index in [4.69, 9.17) is 5.73 Å². The molecule has 24 heavy (non-hydrogen) atoms. The average molecular weight is 351 g/mol. The van der Waals surface area contributed by atoms with Gasteiger partial charge in [0.05, 0.1) is 5.56 Å². The van der Waals surface area contributed by atoms with Gasteiger partial charge in [0.15, 0.2) is 5.69 Å². The minimum atomic E-state index is -4.75. The van der Waals surface area contributed by atoms with E-state index < -0.39 is 23.3 Å². The Morgan fingerprint density at radius 1 is 1.21 bits per heavy atom. The van der Waals surface area contributed by atoms with Crippen LogP contribution in [0.2, 0.25) is 0 Å². The summed E-state index contributed by atoms with van der Waals surface area (Å²) in [6, 6.07) is 9.38. The van der Waals surface area contributed by atoms with Crippen LogP contribution in [0.4, 0.5) is 13.2 Å². The number of benzene rings is 1. The van der Waals surface area contributed by atoms with Gasteiger partial charge in [-0.05, 0) is 23.9 Å². The molecule has 4 nitrogen and oxygen atoms in total. The lowest BCUT2D eigenvalue weighted by Gasteiger charge is -2.05. The molecule has 0 saturated carbocycles. The van der Waals surface area contributed by atoms with Gasteiger partial charge in [-0.3, -0.25) is 4.79 Å². The van der Waals surface area contributed by atoms with Crippen molar-refractivity contribution in [1.29, 1.82) is 0 Å². The van der Waals surface area contributed by atoms with Gasteiger partial charge in [-0.25, -0.2) is 4.68 Å². The third kappa shape index (κ3) is 2.92. The molecule has 0 aliphatic carbocycles. The Bertz CT molecular complexity index is 894. The van der Waals surface area contributed by atoms with Crippen LogP contribution >= 0.6 is 11.3 Å². The van der Waals surface area contributed by atoms with Crippen LogP contribution in [0.3, 0.4) is 0 Å². The van der Waals surface area contributed by atoms with Crippen LogP contribution < -0.4 is 5.73 Å². The molecule has 124 valence electrons. The van der Waals surface area contributed by atoms with Crippen LogP contribution in [0.25, 0.3) is 16.1 Å². The number of halogens is 3. The van der Waals surface area contributed by atoms with Gasteiger partial charge in [-0.15, -0.1) is 11.3 Å². The Labute approximate surface area is 139 Å². The van der Waals surface area contributed by atoms with Gasteiger partial charge in [0.2, 0.25) is 0 Å². The molecule has 0 fully saturated rings. The zero-order valence-corrected chi connectivity index (χ0v) is 13.3. The number of carbonyl (C=O) groups excluding carboxylic acids is 1. The summed E-state index contributed by atoms with van der Waals surface area (Å²) in [6.45, 7) is 1.94. The molecule has 1 aromatic carbocycles. The van der Waals surface area contributed by atoms with Gasteiger partial charge in [0.1, 0.15) is 5.00 Å². The van der Waals surface area contributed by atoms with Gasteiger partial charge in [-0.2, -0.15) is 18.3 Å². The highest BCUT2D eigenvalue weighted by Crippen LogP contribution is 2.35. The summed E-state index contributed by atoms with van der Waals surface area (Å²) in [5, 5.41) is 5.79. The van der Waals surface area contributed by atoms with Gasteiger partial charge < -0.3 is 5.73 Å². The smallest absolute Gasteiger partial charge is 0.365 e. The molecule has 0 bridgehead atoms. The van der Waals surface area contributed by atoms with Crippen molar-refractivity contribution in [2.45, 2.75) is 13.1 Å². The highest BCUT2D eigenvalue weighted by molar-refractivity contribution is 7.13. The highest BCUT2D eigenvalue weighted by atomic mass is 32.1. The first-order valence-electron chi connectivity index (χ1n) is 6.89. The van der Waals surface area contributed by atoms with Crippen LogP contribution in [0.15, 0.2) is 41.9 Å². The van der Waals surface area contributed by atoms with Crippen molar-refractivity contribution in [2.24, 2.45) is 5.73 Å². The van der Waals surface area contributed by atoms with Gasteiger partial charge >= 0.3 is 6.18 Å². The largest absolute Gasteiger partial charge is 0.435 e. The Balaban J connectivity index is 2.13. The normalized spacial score (nSPS) is 11.7. The molecule has 0 atom stereocenters. The van der Waals surface area contributed by atoms with Gasteiger partial charge in [0.25, 0.3) is 5.91 Å². The molecular formula is C16H12F3N3OS. The molecule has 8 heteroatoms. The van der Waals surface area contributed by atoms with Crippen LogP contribution in [-0.4, -0.2) is 15.7 Å². The first kappa shape index (κ1) is 16.3. The number of hydrogen-bond acceptors (Lipinski definition) is 3. The second-order valence-electron chi connectivity index (χ2n) is 5.20. The number of alkyl halides is 3. The van der Waals surface area contributed by atoms with E-state index >= 15 is 0 Å². The van der Waals surface area contributed by atoms with E-state index in [1.807, 2.05) is 31.2 Å².